The maximum atomic E-state index is 12.1. The molecule has 0 aliphatic heterocycles. The molecule has 0 atom stereocenters. The number of rotatable bonds is 3. The highest BCUT2D eigenvalue weighted by Gasteiger charge is 2.11. The number of phenols is 3. The predicted octanol–water partition coefficient (Wildman–Crippen LogP) is 5.03. The van der Waals surface area contributed by atoms with E-state index in [0.717, 1.165) is 32.9 Å². The maximum absolute atomic E-state index is 12.1. The molecule has 8 heteroatoms. The van der Waals surface area contributed by atoms with E-state index in [9.17, 15) is 20.1 Å². The Bertz CT molecular complexity index is 1200. The Kier molecular flexibility index (Phi) is 4.69. The normalized spacial score (nSPS) is 10.8. The van der Waals surface area contributed by atoms with Gasteiger partial charge in [-0.1, -0.05) is 6.07 Å². The fourth-order valence-corrected chi connectivity index (χ4v) is 3.89. The summed E-state index contributed by atoms with van der Waals surface area (Å²) in [6.07, 6.45) is 0. The first-order chi connectivity index (χ1) is 13.9. The molecule has 7 nitrogen and oxygen atoms in total. The summed E-state index contributed by atoms with van der Waals surface area (Å²) in [5.74, 6) is -1.71. The van der Waals surface area contributed by atoms with Crippen molar-refractivity contribution < 1.29 is 20.1 Å². The van der Waals surface area contributed by atoms with Crippen LogP contribution in [0.15, 0.2) is 54.6 Å². The number of nitrogens with zero attached hydrogens (tertiary/aromatic N) is 1. The molecule has 146 valence electrons. The van der Waals surface area contributed by atoms with E-state index < -0.39 is 23.3 Å². The second-order valence-electron chi connectivity index (χ2n) is 6.51. The molecule has 1 aromatic heterocycles. The van der Waals surface area contributed by atoms with E-state index in [4.69, 9.17) is 0 Å². The molecule has 3 aromatic carbocycles. The van der Waals surface area contributed by atoms with Crippen LogP contribution < -0.4 is 10.6 Å². The van der Waals surface area contributed by atoms with Crippen molar-refractivity contribution in [3.63, 3.8) is 0 Å². The molecule has 0 spiro atoms. The largest absolute Gasteiger partial charge is 0.504 e. The highest BCUT2D eigenvalue weighted by molar-refractivity contribution is 7.21. The van der Waals surface area contributed by atoms with Gasteiger partial charge in [0, 0.05) is 23.4 Å². The molecule has 5 N–H and O–H groups in total. The Balaban J connectivity index is 1.46. The number of amides is 2. The van der Waals surface area contributed by atoms with Crippen LogP contribution in [0, 0.1) is 6.92 Å². The van der Waals surface area contributed by atoms with Gasteiger partial charge in [-0.2, -0.15) is 0 Å². The SMILES string of the molecule is Cc1ccc2nc(-c3ccc(NC(=O)Nc4cc(O)c(O)c(O)c4)cc3)sc2c1. The van der Waals surface area contributed by atoms with Crippen LogP contribution in [0.25, 0.3) is 20.8 Å². The average molecular weight is 407 g/mol. The van der Waals surface area contributed by atoms with Crippen LogP contribution >= 0.6 is 11.3 Å². The minimum atomic E-state index is -0.642. The zero-order valence-electron chi connectivity index (χ0n) is 15.3. The van der Waals surface area contributed by atoms with E-state index in [0.29, 0.717) is 5.69 Å². The topological polar surface area (TPSA) is 115 Å². The minimum Gasteiger partial charge on any atom is -0.504 e. The van der Waals surface area contributed by atoms with Crippen LogP contribution in [0.4, 0.5) is 16.2 Å². The number of hydrogen-bond donors (Lipinski definition) is 5. The Labute approximate surface area is 169 Å². The van der Waals surface area contributed by atoms with E-state index in [2.05, 4.69) is 21.7 Å². The molecule has 0 aliphatic rings. The number of benzene rings is 3. The van der Waals surface area contributed by atoms with Gasteiger partial charge in [0.2, 0.25) is 0 Å². The summed E-state index contributed by atoms with van der Waals surface area (Å²) >= 11 is 1.61. The van der Waals surface area contributed by atoms with Gasteiger partial charge in [-0.25, -0.2) is 9.78 Å². The highest BCUT2D eigenvalue weighted by Crippen LogP contribution is 2.37. The number of carbonyl (C=O) groups excluding carboxylic acids is 1. The Morgan fingerprint density at radius 2 is 1.55 bits per heavy atom. The lowest BCUT2D eigenvalue weighted by atomic mass is 10.2. The summed E-state index contributed by atoms with van der Waals surface area (Å²) in [6, 6.07) is 15.1. The molecule has 0 saturated carbocycles. The van der Waals surface area contributed by atoms with Crippen LogP contribution in [-0.4, -0.2) is 26.3 Å². The van der Waals surface area contributed by atoms with E-state index >= 15 is 0 Å². The summed E-state index contributed by atoms with van der Waals surface area (Å²) in [4.78, 5) is 16.8. The molecule has 1 heterocycles. The summed E-state index contributed by atoms with van der Waals surface area (Å²) in [5, 5.41) is 34.4. The maximum Gasteiger partial charge on any atom is 0.323 e. The van der Waals surface area contributed by atoms with Gasteiger partial charge < -0.3 is 26.0 Å². The Morgan fingerprint density at radius 3 is 2.24 bits per heavy atom. The lowest BCUT2D eigenvalue weighted by Crippen LogP contribution is -2.19. The van der Waals surface area contributed by atoms with Crippen LogP contribution in [0.5, 0.6) is 17.2 Å². The number of urea groups is 1. The molecule has 0 unspecified atom stereocenters. The van der Waals surface area contributed by atoms with Crippen molar-refractivity contribution in [2.24, 2.45) is 0 Å². The summed E-state index contributed by atoms with van der Waals surface area (Å²) in [7, 11) is 0. The summed E-state index contributed by atoms with van der Waals surface area (Å²) in [6.45, 7) is 2.05. The van der Waals surface area contributed by atoms with Crippen LogP contribution in [0.3, 0.4) is 0 Å². The van der Waals surface area contributed by atoms with Gasteiger partial charge in [-0.05, 0) is 48.9 Å². The van der Waals surface area contributed by atoms with Crippen molar-refractivity contribution in [2.45, 2.75) is 6.92 Å². The third kappa shape index (κ3) is 3.92. The molecule has 0 radical (unpaired) electrons. The smallest absolute Gasteiger partial charge is 0.323 e. The number of thiazole rings is 1. The molecule has 4 rings (SSSR count). The van der Waals surface area contributed by atoms with Gasteiger partial charge in [0.05, 0.1) is 15.9 Å². The number of carbonyl (C=O) groups is 1. The number of aryl methyl sites for hydroxylation is 1. The molecule has 0 fully saturated rings. The van der Waals surface area contributed by atoms with Gasteiger partial charge in [0.15, 0.2) is 17.2 Å². The van der Waals surface area contributed by atoms with Crippen molar-refractivity contribution >= 4 is 39.0 Å². The van der Waals surface area contributed by atoms with Gasteiger partial charge in [0.25, 0.3) is 0 Å². The number of fused-ring (bicyclic) bond motifs is 1. The number of hydrogen-bond acceptors (Lipinski definition) is 6. The van der Waals surface area contributed by atoms with Crippen LogP contribution in [-0.2, 0) is 0 Å². The fraction of sp³-hybridized carbons (Fsp3) is 0.0476. The molecule has 4 aromatic rings. The molecule has 29 heavy (non-hydrogen) atoms. The monoisotopic (exact) mass is 407 g/mol. The Hall–Kier alpha value is -3.78. The lowest BCUT2D eigenvalue weighted by Gasteiger charge is -2.09. The third-order valence-electron chi connectivity index (χ3n) is 4.26. The molecule has 0 saturated heterocycles. The van der Waals surface area contributed by atoms with Gasteiger partial charge >= 0.3 is 6.03 Å². The van der Waals surface area contributed by atoms with Gasteiger partial charge in [-0.3, -0.25) is 0 Å². The van der Waals surface area contributed by atoms with Crippen molar-refractivity contribution in [3.8, 4) is 27.8 Å². The average Bonchev–Trinajstić information content (AvgIpc) is 3.09. The first-order valence-electron chi connectivity index (χ1n) is 8.69. The minimum absolute atomic E-state index is 0.136. The van der Waals surface area contributed by atoms with E-state index in [1.807, 2.05) is 31.2 Å². The number of nitrogens with one attached hydrogen (secondary N) is 2. The van der Waals surface area contributed by atoms with Crippen molar-refractivity contribution in [1.82, 2.24) is 4.98 Å². The molecular formula is C21H17N3O4S. The summed E-state index contributed by atoms with van der Waals surface area (Å²) < 4.78 is 1.13. The fourth-order valence-electron chi connectivity index (χ4n) is 2.82. The van der Waals surface area contributed by atoms with Gasteiger partial charge in [-0.15, -0.1) is 11.3 Å². The highest BCUT2D eigenvalue weighted by atomic mass is 32.1. The second-order valence-corrected chi connectivity index (χ2v) is 7.54. The first-order valence-corrected chi connectivity index (χ1v) is 9.51. The number of aromatic nitrogens is 1. The third-order valence-corrected chi connectivity index (χ3v) is 5.33. The van der Waals surface area contributed by atoms with Crippen LogP contribution in [0.1, 0.15) is 5.56 Å². The van der Waals surface area contributed by atoms with E-state index in [-0.39, 0.29) is 5.69 Å². The quantitative estimate of drug-likeness (QED) is 0.241. The van der Waals surface area contributed by atoms with Gasteiger partial charge in [0.1, 0.15) is 5.01 Å². The lowest BCUT2D eigenvalue weighted by molar-refractivity contribution is 0.262. The van der Waals surface area contributed by atoms with E-state index in [1.165, 1.54) is 5.56 Å². The zero-order chi connectivity index (χ0) is 20.5. The molecule has 0 bridgehead atoms. The molecule has 2 amide bonds. The van der Waals surface area contributed by atoms with Crippen molar-refractivity contribution in [3.05, 3.63) is 60.2 Å². The zero-order valence-corrected chi connectivity index (χ0v) is 16.1. The standard InChI is InChI=1S/C21H17N3O4S/c1-11-2-7-15-18(8-11)29-20(24-15)12-3-5-13(6-4-12)22-21(28)23-14-9-16(25)19(27)17(26)10-14/h2-10,25-27H,1H3,(H2,22,23,28). The first kappa shape index (κ1) is 18.6. The van der Waals surface area contributed by atoms with E-state index in [1.54, 1.807) is 23.5 Å². The Morgan fingerprint density at radius 1 is 0.897 bits per heavy atom. The predicted molar refractivity (Wildman–Crippen MR) is 114 cm³/mol. The molecular weight excluding hydrogens is 390 g/mol. The number of aromatic hydroxyl groups is 3. The molecule has 0 aliphatic carbocycles. The summed E-state index contributed by atoms with van der Waals surface area (Å²) in [5.41, 5.74) is 3.79. The van der Waals surface area contributed by atoms with Crippen molar-refractivity contribution in [1.29, 1.82) is 0 Å². The number of phenolic OH excluding ortho intramolecular Hbond substituents is 3. The number of anilines is 2. The second kappa shape index (κ2) is 7.33. The van der Waals surface area contributed by atoms with Crippen molar-refractivity contribution in [2.75, 3.05) is 10.6 Å². The van der Waals surface area contributed by atoms with Crippen LogP contribution in [0.2, 0.25) is 0 Å².